The zero-order valence-corrected chi connectivity index (χ0v) is 19.1. The fourth-order valence-corrected chi connectivity index (χ4v) is 3.72. The number of non-ortho nitro benzene ring substituents is 1. The van der Waals surface area contributed by atoms with Crippen LogP contribution in [0.4, 0.5) is 17.1 Å². The first-order valence-electron chi connectivity index (χ1n) is 10.0. The second-order valence-corrected chi connectivity index (χ2v) is 7.81. The average Bonchev–Trinajstić information content (AvgIpc) is 3.19. The largest absolute Gasteiger partial charge is 0.495 e. The molecule has 0 aliphatic carbocycles. The van der Waals surface area contributed by atoms with E-state index in [1.807, 2.05) is 0 Å². The Bertz CT molecular complexity index is 1190. The SMILES string of the molecule is C=CCn1c(CC(=O)Nc2ccccc2OC)nnc1SCC(=O)Nc1ccc([N+](=O)[O-])cc1. The molecular formula is C22H22N6O5S. The molecule has 34 heavy (non-hydrogen) atoms. The number of nitro benzene ring substituents is 1. The van der Waals surface area contributed by atoms with Gasteiger partial charge in [-0.05, 0) is 24.3 Å². The summed E-state index contributed by atoms with van der Waals surface area (Å²) in [7, 11) is 1.52. The topological polar surface area (TPSA) is 141 Å². The molecule has 0 aliphatic heterocycles. The van der Waals surface area contributed by atoms with Crippen molar-refractivity contribution in [3.63, 3.8) is 0 Å². The van der Waals surface area contributed by atoms with Crippen LogP contribution in [0.1, 0.15) is 5.82 Å². The molecule has 176 valence electrons. The van der Waals surface area contributed by atoms with Gasteiger partial charge in [0.2, 0.25) is 11.8 Å². The lowest BCUT2D eigenvalue weighted by atomic mass is 10.2. The fourth-order valence-electron chi connectivity index (χ4n) is 2.95. The van der Waals surface area contributed by atoms with Gasteiger partial charge in [0.25, 0.3) is 5.69 Å². The molecule has 1 heterocycles. The summed E-state index contributed by atoms with van der Waals surface area (Å²) in [5.41, 5.74) is 0.923. The maximum atomic E-state index is 12.6. The number of nitro groups is 1. The normalized spacial score (nSPS) is 10.4. The smallest absolute Gasteiger partial charge is 0.269 e. The Hall–Kier alpha value is -4.19. The first kappa shape index (κ1) is 24.5. The van der Waals surface area contributed by atoms with Crippen molar-refractivity contribution in [1.29, 1.82) is 0 Å². The number of thioether (sulfide) groups is 1. The minimum absolute atomic E-state index is 0.0275. The first-order chi connectivity index (χ1) is 16.4. The maximum Gasteiger partial charge on any atom is 0.269 e. The van der Waals surface area contributed by atoms with Crippen LogP contribution in [0.25, 0.3) is 0 Å². The predicted molar refractivity (Wildman–Crippen MR) is 128 cm³/mol. The van der Waals surface area contributed by atoms with Crippen molar-refractivity contribution in [2.24, 2.45) is 0 Å². The van der Waals surface area contributed by atoms with Gasteiger partial charge in [0, 0.05) is 24.4 Å². The number of anilines is 2. The highest BCUT2D eigenvalue weighted by Gasteiger charge is 2.17. The number of hydrogen-bond acceptors (Lipinski definition) is 8. The van der Waals surface area contributed by atoms with E-state index in [0.29, 0.717) is 34.6 Å². The van der Waals surface area contributed by atoms with Gasteiger partial charge in [-0.25, -0.2) is 0 Å². The third-order valence-corrected chi connectivity index (χ3v) is 5.47. The lowest BCUT2D eigenvalue weighted by Gasteiger charge is -2.10. The predicted octanol–water partition coefficient (Wildman–Crippen LogP) is 3.29. The Kier molecular flexibility index (Phi) is 8.35. The van der Waals surface area contributed by atoms with Crippen molar-refractivity contribution >= 4 is 40.6 Å². The lowest BCUT2D eigenvalue weighted by molar-refractivity contribution is -0.384. The van der Waals surface area contributed by atoms with Crippen molar-refractivity contribution in [2.75, 3.05) is 23.5 Å². The van der Waals surface area contributed by atoms with E-state index in [1.54, 1.807) is 34.9 Å². The van der Waals surface area contributed by atoms with Crippen molar-refractivity contribution < 1.29 is 19.2 Å². The number of hydrogen-bond donors (Lipinski definition) is 2. The van der Waals surface area contributed by atoms with Crippen LogP contribution in [0.15, 0.2) is 66.3 Å². The van der Waals surface area contributed by atoms with Crippen LogP contribution < -0.4 is 15.4 Å². The van der Waals surface area contributed by atoms with Crippen LogP contribution in [-0.2, 0) is 22.6 Å². The molecule has 0 atom stereocenters. The zero-order chi connectivity index (χ0) is 24.5. The van der Waals surface area contributed by atoms with Gasteiger partial charge in [-0.1, -0.05) is 30.0 Å². The third-order valence-electron chi connectivity index (χ3n) is 4.50. The van der Waals surface area contributed by atoms with E-state index in [9.17, 15) is 19.7 Å². The summed E-state index contributed by atoms with van der Waals surface area (Å²) in [5.74, 6) is 0.376. The van der Waals surface area contributed by atoms with Crippen molar-refractivity contribution in [3.05, 3.63) is 77.1 Å². The van der Waals surface area contributed by atoms with Crippen LogP contribution in [0.5, 0.6) is 5.75 Å². The third kappa shape index (κ3) is 6.42. The minimum atomic E-state index is -0.512. The first-order valence-corrected chi connectivity index (χ1v) is 11.0. The number of para-hydroxylation sites is 2. The average molecular weight is 483 g/mol. The van der Waals surface area contributed by atoms with Crippen molar-refractivity contribution in [3.8, 4) is 5.75 Å². The molecular weight excluding hydrogens is 460 g/mol. The summed E-state index contributed by atoms with van der Waals surface area (Å²) < 4.78 is 6.95. The van der Waals surface area contributed by atoms with E-state index < -0.39 is 4.92 Å². The molecule has 0 spiro atoms. The van der Waals surface area contributed by atoms with Gasteiger partial charge in [-0.3, -0.25) is 19.7 Å². The van der Waals surface area contributed by atoms with Gasteiger partial charge >= 0.3 is 0 Å². The van der Waals surface area contributed by atoms with Crippen LogP contribution in [0, 0.1) is 10.1 Å². The van der Waals surface area contributed by atoms with Crippen LogP contribution in [0.2, 0.25) is 0 Å². The number of rotatable bonds is 11. The molecule has 1 aromatic heterocycles. The molecule has 2 aromatic carbocycles. The molecule has 0 aliphatic rings. The maximum absolute atomic E-state index is 12.6. The number of carbonyl (C=O) groups excluding carboxylic acids is 2. The summed E-state index contributed by atoms with van der Waals surface area (Å²) in [4.78, 5) is 35.1. The number of ether oxygens (including phenoxy) is 1. The number of methoxy groups -OCH3 is 1. The quantitative estimate of drug-likeness (QED) is 0.184. The van der Waals surface area contributed by atoms with Crippen LogP contribution in [0.3, 0.4) is 0 Å². The molecule has 2 N–H and O–H groups in total. The van der Waals surface area contributed by atoms with Gasteiger partial charge in [0.1, 0.15) is 11.6 Å². The number of amides is 2. The number of allylic oxidation sites excluding steroid dienone is 1. The highest BCUT2D eigenvalue weighted by Crippen LogP contribution is 2.24. The number of aromatic nitrogens is 3. The highest BCUT2D eigenvalue weighted by atomic mass is 32.2. The van der Waals surface area contributed by atoms with Crippen LogP contribution >= 0.6 is 11.8 Å². The molecule has 0 radical (unpaired) electrons. The van der Waals surface area contributed by atoms with Crippen LogP contribution in [-0.4, -0.2) is 44.4 Å². The monoisotopic (exact) mass is 482 g/mol. The second kappa shape index (κ2) is 11.6. The molecule has 0 saturated carbocycles. The Morgan fingerprint density at radius 3 is 2.56 bits per heavy atom. The summed E-state index contributed by atoms with van der Waals surface area (Å²) in [5, 5.41) is 24.9. The molecule has 0 unspecified atom stereocenters. The van der Waals surface area contributed by atoms with E-state index in [2.05, 4.69) is 27.4 Å². The zero-order valence-electron chi connectivity index (χ0n) is 18.3. The molecule has 2 amide bonds. The summed E-state index contributed by atoms with van der Waals surface area (Å²) in [6.45, 7) is 4.09. The van der Waals surface area contributed by atoms with E-state index in [0.717, 1.165) is 11.8 Å². The van der Waals surface area contributed by atoms with Gasteiger partial charge in [-0.2, -0.15) is 0 Å². The molecule has 0 fully saturated rings. The Morgan fingerprint density at radius 1 is 1.15 bits per heavy atom. The van der Waals surface area contributed by atoms with Gasteiger partial charge in [-0.15, -0.1) is 16.8 Å². The van der Waals surface area contributed by atoms with E-state index in [-0.39, 0.29) is 29.7 Å². The van der Waals surface area contributed by atoms with Gasteiger partial charge in [0.05, 0.1) is 29.9 Å². The minimum Gasteiger partial charge on any atom is -0.495 e. The molecule has 12 heteroatoms. The Balaban J connectivity index is 1.61. The van der Waals surface area contributed by atoms with Crippen molar-refractivity contribution in [2.45, 2.75) is 18.1 Å². The van der Waals surface area contributed by atoms with Gasteiger partial charge < -0.3 is 19.9 Å². The fraction of sp³-hybridized carbons (Fsp3) is 0.182. The number of carbonyl (C=O) groups is 2. The number of nitrogens with zero attached hydrogens (tertiary/aromatic N) is 4. The Morgan fingerprint density at radius 2 is 1.88 bits per heavy atom. The molecule has 11 nitrogen and oxygen atoms in total. The van der Waals surface area contributed by atoms with Crippen molar-refractivity contribution in [1.82, 2.24) is 14.8 Å². The second-order valence-electron chi connectivity index (χ2n) is 6.86. The highest BCUT2D eigenvalue weighted by molar-refractivity contribution is 7.99. The standard InChI is InChI=1S/C22H22N6O5S/c1-3-12-27-19(13-20(29)24-17-6-4-5-7-18(17)33-2)25-26-22(27)34-14-21(30)23-15-8-10-16(11-9-15)28(31)32/h3-11H,1,12-14H2,2H3,(H,23,30)(H,24,29). The van der Waals surface area contributed by atoms with E-state index >= 15 is 0 Å². The molecule has 0 saturated heterocycles. The molecule has 3 rings (SSSR count). The Labute approximate surface area is 199 Å². The van der Waals surface area contributed by atoms with E-state index in [1.165, 1.54) is 31.4 Å². The lowest BCUT2D eigenvalue weighted by Crippen LogP contribution is -2.18. The summed E-state index contributed by atoms with van der Waals surface area (Å²) in [6.07, 6.45) is 1.61. The van der Waals surface area contributed by atoms with E-state index in [4.69, 9.17) is 4.74 Å². The molecule has 0 bridgehead atoms. The molecule has 3 aromatic rings. The number of benzene rings is 2. The van der Waals surface area contributed by atoms with Gasteiger partial charge in [0.15, 0.2) is 5.16 Å². The number of nitrogens with one attached hydrogen (secondary N) is 2. The summed E-state index contributed by atoms with van der Waals surface area (Å²) in [6, 6.07) is 12.6. The summed E-state index contributed by atoms with van der Waals surface area (Å²) >= 11 is 1.15.